The molecule has 0 spiro atoms. The van der Waals surface area contributed by atoms with Crippen LogP contribution < -0.4 is 0 Å². The number of nitrogens with zero attached hydrogens (tertiary/aromatic N) is 1. The van der Waals surface area contributed by atoms with Crippen LogP contribution in [0, 0.1) is 11.8 Å². The Hall–Kier alpha value is -1.29. The fraction of sp³-hybridized carbons (Fsp3) is 0.0833. The Kier molecular flexibility index (Phi) is 3.29. The molecule has 0 radical (unpaired) electrons. The second-order valence-electron chi connectivity index (χ2n) is 3.32. The number of hydrogen-bond donors (Lipinski definition) is 0. The van der Waals surface area contributed by atoms with Crippen molar-refractivity contribution in [1.82, 2.24) is 4.98 Å². The van der Waals surface area contributed by atoms with Gasteiger partial charge in [0, 0.05) is 22.7 Å². The maximum Gasteiger partial charge on any atom is 0.216 e. The lowest BCUT2D eigenvalue weighted by atomic mass is 10.1. The summed E-state index contributed by atoms with van der Waals surface area (Å²) in [6, 6.07) is 7.79. The summed E-state index contributed by atoms with van der Waals surface area (Å²) in [5.41, 5.74) is 1.85. The summed E-state index contributed by atoms with van der Waals surface area (Å²) in [4.78, 5) is 3.64. The second-order valence-corrected chi connectivity index (χ2v) is 3.88. The van der Waals surface area contributed by atoms with E-state index in [-0.39, 0.29) is 5.82 Å². The van der Waals surface area contributed by atoms with E-state index in [2.05, 4.69) is 20.9 Å². The molecule has 1 aromatic carbocycles. The molecule has 0 aliphatic rings. The van der Waals surface area contributed by atoms with E-state index in [0.29, 0.717) is 22.0 Å². The molecule has 1 aromatic heterocycles. The molecule has 0 unspecified atom stereocenters. The van der Waals surface area contributed by atoms with Gasteiger partial charge in [-0.1, -0.05) is 28.1 Å². The SMILES string of the molecule is Fc1cccc(-c2cnc(F)c(CBr)c2)c1. The fourth-order valence-electron chi connectivity index (χ4n) is 1.41. The van der Waals surface area contributed by atoms with Crippen LogP contribution in [0.5, 0.6) is 0 Å². The molecule has 0 atom stereocenters. The average Bonchev–Trinajstić information content (AvgIpc) is 2.29. The third kappa shape index (κ3) is 2.27. The van der Waals surface area contributed by atoms with Gasteiger partial charge in [-0.2, -0.15) is 4.39 Å². The molecule has 1 heterocycles. The van der Waals surface area contributed by atoms with Crippen LogP contribution in [-0.4, -0.2) is 4.98 Å². The van der Waals surface area contributed by atoms with Crippen LogP contribution in [0.15, 0.2) is 36.5 Å². The lowest BCUT2D eigenvalue weighted by Gasteiger charge is -2.04. The lowest BCUT2D eigenvalue weighted by molar-refractivity contribution is 0.574. The average molecular weight is 284 g/mol. The highest BCUT2D eigenvalue weighted by molar-refractivity contribution is 9.08. The number of hydrogen-bond acceptors (Lipinski definition) is 1. The van der Waals surface area contributed by atoms with Crippen molar-refractivity contribution < 1.29 is 8.78 Å². The molecule has 16 heavy (non-hydrogen) atoms. The highest BCUT2D eigenvalue weighted by atomic mass is 79.9. The molecule has 0 aliphatic carbocycles. The minimum absolute atomic E-state index is 0.317. The van der Waals surface area contributed by atoms with Gasteiger partial charge in [0.15, 0.2) is 0 Å². The van der Waals surface area contributed by atoms with Gasteiger partial charge in [0.25, 0.3) is 0 Å². The second kappa shape index (κ2) is 4.70. The monoisotopic (exact) mass is 283 g/mol. The van der Waals surface area contributed by atoms with Crippen LogP contribution in [0.25, 0.3) is 11.1 Å². The molecule has 0 N–H and O–H groups in total. The molecule has 1 nitrogen and oxygen atoms in total. The molecule has 82 valence electrons. The van der Waals surface area contributed by atoms with Gasteiger partial charge in [0.1, 0.15) is 5.82 Å². The number of rotatable bonds is 2. The highest BCUT2D eigenvalue weighted by Crippen LogP contribution is 2.22. The molecule has 0 fully saturated rings. The molecular formula is C12H8BrF2N. The zero-order chi connectivity index (χ0) is 11.5. The molecule has 2 aromatic rings. The molecular weight excluding hydrogens is 276 g/mol. The maximum absolute atomic E-state index is 13.1. The van der Waals surface area contributed by atoms with Gasteiger partial charge < -0.3 is 0 Å². The minimum Gasteiger partial charge on any atom is -0.227 e. The molecule has 0 saturated carbocycles. The summed E-state index contributed by atoms with van der Waals surface area (Å²) in [7, 11) is 0. The zero-order valence-corrected chi connectivity index (χ0v) is 9.84. The van der Waals surface area contributed by atoms with Gasteiger partial charge in [-0.3, -0.25) is 0 Å². The van der Waals surface area contributed by atoms with Crippen molar-refractivity contribution in [2.75, 3.05) is 0 Å². The van der Waals surface area contributed by atoms with Crippen LogP contribution in [0.1, 0.15) is 5.56 Å². The van der Waals surface area contributed by atoms with Crippen LogP contribution in [0.2, 0.25) is 0 Å². The largest absolute Gasteiger partial charge is 0.227 e. The van der Waals surface area contributed by atoms with Crippen molar-refractivity contribution in [2.24, 2.45) is 0 Å². The van der Waals surface area contributed by atoms with Gasteiger partial charge in [-0.05, 0) is 23.8 Å². The van der Waals surface area contributed by atoms with Crippen molar-refractivity contribution in [3.8, 4) is 11.1 Å². The minimum atomic E-state index is -0.503. The van der Waals surface area contributed by atoms with Gasteiger partial charge >= 0.3 is 0 Å². The first-order valence-electron chi connectivity index (χ1n) is 4.67. The quantitative estimate of drug-likeness (QED) is 0.601. The summed E-state index contributed by atoms with van der Waals surface area (Å²) < 4.78 is 26.2. The molecule has 2 rings (SSSR count). The van der Waals surface area contributed by atoms with Crippen LogP contribution in [0.4, 0.5) is 8.78 Å². The van der Waals surface area contributed by atoms with E-state index < -0.39 is 5.95 Å². The number of aromatic nitrogens is 1. The number of benzene rings is 1. The Labute approximate surface area is 100 Å². The van der Waals surface area contributed by atoms with Crippen LogP contribution >= 0.6 is 15.9 Å². The summed E-state index contributed by atoms with van der Waals surface area (Å²) in [5, 5.41) is 0.384. The van der Waals surface area contributed by atoms with E-state index in [1.54, 1.807) is 18.2 Å². The highest BCUT2D eigenvalue weighted by Gasteiger charge is 2.05. The van der Waals surface area contributed by atoms with Gasteiger partial charge in [-0.25, -0.2) is 9.37 Å². The van der Waals surface area contributed by atoms with Gasteiger partial charge in [0.05, 0.1) is 0 Å². The molecule has 0 bridgehead atoms. The standard InChI is InChI=1S/C12H8BrF2N/c13-6-9-4-10(7-16-12(9)15)8-2-1-3-11(14)5-8/h1-5,7H,6H2. The van der Waals surface area contributed by atoms with E-state index in [0.717, 1.165) is 0 Å². The normalized spacial score (nSPS) is 10.4. The van der Waals surface area contributed by atoms with E-state index in [1.165, 1.54) is 18.3 Å². The Morgan fingerprint density at radius 3 is 2.62 bits per heavy atom. The lowest BCUT2D eigenvalue weighted by Crippen LogP contribution is -1.92. The van der Waals surface area contributed by atoms with E-state index in [9.17, 15) is 8.78 Å². The molecule has 0 aliphatic heterocycles. The Balaban J connectivity index is 2.48. The topological polar surface area (TPSA) is 12.9 Å². The summed E-state index contributed by atoms with van der Waals surface area (Å²) in [6.45, 7) is 0. The van der Waals surface area contributed by atoms with Crippen molar-refractivity contribution in [3.05, 3.63) is 53.9 Å². The number of pyridine rings is 1. The smallest absolute Gasteiger partial charge is 0.216 e. The van der Waals surface area contributed by atoms with E-state index in [1.807, 2.05) is 0 Å². The van der Waals surface area contributed by atoms with Gasteiger partial charge in [0.2, 0.25) is 5.95 Å². The van der Waals surface area contributed by atoms with Crippen molar-refractivity contribution in [1.29, 1.82) is 0 Å². The van der Waals surface area contributed by atoms with Crippen molar-refractivity contribution in [2.45, 2.75) is 5.33 Å². The van der Waals surface area contributed by atoms with Gasteiger partial charge in [-0.15, -0.1) is 0 Å². The molecule has 0 saturated heterocycles. The van der Waals surface area contributed by atoms with Crippen molar-refractivity contribution >= 4 is 15.9 Å². The van der Waals surface area contributed by atoms with E-state index >= 15 is 0 Å². The summed E-state index contributed by atoms with van der Waals surface area (Å²) in [6.07, 6.45) is 1.40. The predicted molar refractivity (Wildman–Crippen MR) is 62.2 cm³/mol. The summed E-state index contributed by atoms with van der Waals surface area (Å²) in [5.74, 6) is -0.820. The Morgan fingerprint density at radius 1 is 1.12 bits per heavy atom. The van der Waals surface area contributed by atoms with Crippen molar-refractivity contribution in [3.63, 3.8) is 0 Å². The predicted octanol–water partition coefficient (Wildman–Crippen LogP) is 3.92. The first kappa shape index (κ1) is 11.2. The summed E-state index contributed by atoms with van der Waals surface area (Å²) >= 11 is 3.18. The Bertz CT molecular complexity index is 514. The Morgan fingerprint density at radius 2 is 1.94 bits per heavy atom. The number of alkyl halides is 1. The third-order valence-corrected chi connectivity index (χ3v) is 2.82. The first-order valence-corrected chi connectivity index (χ1v) is 5.79. The maximum atomic E-state index is 13.1. The third-order valence-electron chi connectivity index (χ3n) is 2.21. The molecule has 0 amide bonds. The van der Waals surface area contributed by atoms with Crippen LogP contribution in [-0.2, 0) is 5.33 Å². The van der Waals surface area contributed by atoms with E-state index in [4.69, 9.17) is 0 Å². The first-order chi connectivity index (χ1) is 7.70. The fourth-order valence-corrected chi connectivity index (χ4v) is 1.81. The zero-order valence-electron chi connectivity index (χ0n) is 8.25. The molecule has 4 heteroatoms. The number of halogens is 3. The van der Waals surface area contributed by atoms with Crippen LogP contribution in [0.3, 0.4) is 0 Å².